The first-order valence-corrected chi connectivity index (χ1v) is 14.2. The molecule has 0 spiro atoms. The molecule has 6 rings (SSSR count). The number of nitro groups is 2. The zero-order chi connectivity index (χ0) is 33.1. The Balaban J connectivity index is 1.42. The zero-order valence-corrected chi connectivity index (χ0v) is 25.0. The molecule has 0 radical (unpaired) electrons. The van der Waals surface area contributed by atoms with Crippen molar-refractivity contribution in [3.8, 4) is 28.8 Å². The third-order valence-electron chi connectivity index (χ3n) is 7.12. The summed E-state index contributed by atoms with van der Waals surface area (Å²) in [5.74, 6) is 0.862. The second-order valence-corrected chi connectivity index (χ2v) is 10.1. The Kier molecular flexibility index (Phi) is 8.30. The number of benzene rings is 4. The highest BCUT2D eigenvalue weighted by Gasteiger charge is 2.23. The summed E-state index contributed by atoms with van der Waals surface area (Å²) in [6.07, 6.45) is 1.28. The van der Waals surface area contributed by atoms with E-state index in [1.807, 2.05) is 0 Å². The van der Waals surface area contributed by atoms with Crippen molar-refractivity contribution in [1.82, 2.24) is 9.66 Å². The number of hydrogen-bond acceptors (Lipinski definition) is 11. The molecule has 0 saturated carbocycles. The van der Waals surface area contributed by atoms with E-state index in [9.17, 15) is 25.0 Å². The van der Waals surface area contributed by atoms with E-state index < -0.39 is 21.1 Å². The van der Waals surface area contributed by atoms with Gasteiger partial charge in [0.25, 0.3) is 11.2 Å². The summed E-state index contributed by atoms with van der Waals surface area (Å²) in [5, 5.41) is 28.5. The van der Waals surface area contributed by atoms with Gasteiger partial charge in [-0.05, 0) is 61.0 Å². The molecule has 0 bridgehead atoms. The maximum Gasteiger partial charge on any atom is 0.315 e. The van der Waals surface area contributed by atoms with Gasteiger partial charge >= 0.3 is 5.69 Å². The standard InChI is InChI=1S/C33H25N5O9/c1-3-45-29-16-21(15-26(38(42)43)31(29)46-19-20-11-13-22(14-12-20)37(40)41)18-34-36-32(35-25-8-5-4-7-23(25)33(36)39)30-17-24-27(44-2)9-6-10-28(24)47-30/h4-18H,3,19H2,1-2H3. The Bertz CT molecular complexity index is 2240. The summed E-state index contributed by atoms with van der Waals surface area (Å²) >= 11 is 0. The molecular weight excluding hydrogens is 610 g/mol. The molecule has 0 amide bonds. The summed E-state index contributed by atoms with van der Waals surface area (Å²) < 4.78 is 24.1. The van der Waals surface area contributed by atoms with Crippen LogP contribution >= 0.6 is 0 Å². The maximum atomic E-state index is 13.7. The van der Waals surface area contributed by atoms with Crippen LogP contribution in [-0.4, -0.2) is 39.4 Å². The smallest absolute Gasteiger partial charge is 0.315 e. The predicted octanol–water partition coefficient (Wildman–Crippen LogP) is 6.49. The molecule has 0 N–H and O–H groups in total. The summed E-state index contributed by atoms with van der Waals surface area (Å²) in [4.78, 5) is 40.4. The SMILES string of the molecule is CCOc1cc(C=Nn2c(-c3cc4c(OC)cccc4o3)nc3ccccc3c2=O)cc([N+](=O)[O-])c1OCc1ccc([N+](=O)[O-])cc1. The van der Waals surface area contributed by atoms with Gasteiger partial charge in [-0.25, -0.2) is 4.98 Å². The van der Waals surface area contributed by atoms with E-state index in [4.69, 9.17) is 18.6 Å². The molecule has 0 aliphatic rings. The Morgan fingerprint density at radius 1 is 0.915 bits per heavy atom. The molecule has 0 aliphatic heterocycles. The normalized spacial score (nSPS) is 11.3. The minimum atomic E-state index is -0.623. The Hall–Kier alpha value is -6.57. The van der Waals surface area contributed by atoms with Crippen LogP contribution in [0.15, 0.2) is 99.2 Å². The molecule has 0 saturated heterocycles. The highest BCUT2D eigenvalue weighted by atomic mass is 16.6. The third-order valence-corrected chi connectivity index (χ3v) is 7.12. The van der Waals surface area contributed by atoms with E-state index in [-0.39, 0.29) is 47.5 Å². The van der Waals surface area contributed by atoms with Crippen LogP contribution in [0.1, 0.15) is 18.1 Å². The highest BCUT2D eigenvalue weighted by molar-refractivity contribution is 5.89. The molecular formula is C33H25N5O9. The second kappa shape index (κ2) is 12.8. The van der Waals surface area contributed by atoms with Crippen molar-refractivity contribution in [2.24, 2.45) is 5.10 Å². The lowest BCUT2D eigenvalue weighted by Crippen LogP contribution is -2.20. The van der Waals surface area contributed by atoms with Gasteiger partial charge in [-0.2, -0.15) is 9.78 Å². The fraction of sp³-hybridized carbons (Fsp3) is 0.121. The molecule has 4 aromatic carbocycles. The number of furan rings is 1. The number of rotatable bonds is 11. The Labute approximate surface area is 265 Å². The first-order valence-electron chi connectivity index (χ1n) is 14.2. The quantitative estimate of drug-likeness (QED) is 0.0869. The van der Waals surface area contributed by atoms with Gasteiger partial charge in [-0.3, -0.25) is 25.0 Å². The number of non-ortho nitro benzene ring substituents is 1. The van der Waals surface area contributed by atoms with Gasteiger partial charge in [-0.15, -0.1) is 0 Å². The van der Waals surface area contributed by atoms with Gasteiger partial charge in [0.1, 0.15) is 17.9 Å². The van der Waals surface area contributed by atoms with Crippen LogP contribution < -0.4 is 19.8 Å². The van der Waals surface area contributed by atoms with Crippen molar-refractivity contribution in [2.75, 3.05) is 13.7 Å². The molecule has 0 fully saturated rings. The second-order valence-electron chi connectivity index (χ2n) is 10.1. The van der Waals surface area contributed by atoms with E-state index in [1.54, 1.807) is 55.5 Å². The number of nitro benzene ring substituents is 2. The van der Waals surface area contributed by atoms with Crippen LogP contribution in [0.4, 0.5) is 11.4 Å². The monoisotopic (exact) mass is 635 g/mol. The molecule has 2 heterocycles. The summed E-state index contributed by atoms with van der Waals surface area (Å²) in [5.41, 5.74) is 0.734. The number of methoxy groups -OCH3 is 1. The first kappa shape index (κ1) is 30.5. The van der Waals surface area contributed by atoms with Crippen LogP contribution in [0.2, 0.25) is 0 Å². The lowest BCUT2D eigenvalue weighted by molar-refractivity contribution is -0.386. The zero-order valence-electron chi connectivity index (χ0n) is 25.0. The van der Waals surface area contributed by atoms with Crippen molar-refractivity contribution < 1.29 is 28.5 Å². The van der Waals surface area contributed by atoms with E-state index in [0.29, 0.717) is 33.2 Å². The van der Waals surface area contributed by atoms with E-state index in [2.05, 4.69) is 10.1 Å². The molecule has 0 unspecified atom stereocenters. The molecule has 14 nitrogen and oxygen atoms in total. The number of nitrogens with zero attached hydrogens (tertiary/aromatic N) is 5. The summed E-state index contributed by atoms with van der Waals surface area (Å²) in [6.45, 7) is 1.76. The average Bonchev–Trinajstić information content (AvgIpc) is 3.52. The molecule has 236 valence electrons. The van der Waals surface area contributed by atoms with Gasteiger partial charge in [0.05, 0.1) is 46.1 Å². The molecule has 14 heteroatoms. The highest BCUT2D eigenvalue weighted by Crippen LogP contribution is 2.39. The molecule has 47 heavy (non-hydrogen) atoms. The van der Waals surface area contributed by atoms with Gasteiger partial charge in [-0.1, -0.05) is 18.2 Å². The van der Waals surface area contributed by atoms with Crippen molar-refractivity contribution in [2.45, 2.75) is 13.5 Å². The van der Waals surface area contributed by atoms with Crippen molar-refractivity contribution >= 4 is 39.5 Å². The van der Waals surface area contributed by atoms with Crippen LogP contribution in [-0.2, 0) is 6.61 Å². The summed E-state index contributed by atoms with van der Waals surface area (Å²) in [7, 11) is 1.54. The van der Waals surface area contributed by atoms with E-state index in [0.717, 1.165) is 4.68 Å². The molecule has 0 atom stereocenters. The van der Waals surface area contributed by atoms with E-state index >= 15 is 0 Å². The van der Waals surface area contributed by atoms with Gasteiger partial charge < -0.3 is 18.6 Å². The topological polar surface area (TPSA) is 174 Å². The number of para-hydroxylation sites is 1. The lowest BCUT2D eigenvalue weighted by Gasteiger charge is -2.13. The Morgan fingerprint density at radius 2 is 1.70 bits per heavy atom. The first-order chi connectivity index (χ1) is 22.8. The number of fused-ring (bicyclic) bond motifs is 2. The molecule has 6 aromatic rings. The average molecular weight is 636 g/mol. The van der Waals surface area contributed by atoms with Crippen molar-refractivity contribution in [1.29, 1.82) is 0 Å². The van der Waals surface area contributed by atoms with Crippen LogP contribution in [0.5, 0.6) is 17.2 Å². The van der Waals surface area contributed by atoms with Gasteiger partial charge in [0.2, 0.25) is 11.6 Å². The molecule has 2 aromatic heterocycles. The van der Waals surface area contributed by atoms with Crippen molar-refractivity contribution in [3.63, 3.8) is 0 Å². The number of hydrogen-bond donors (Lipinski definition) is 0. The summed E-state index contributed by atoms with van der Waals surface area (Å²) in [6, 6.07) is 22.2. The van der Waals surface area contributed by atoms with Crippen LogP contribution in [0.3, 0.4) is 0 Å². The largest absolute Gasteiger partial charge is 0.496 e. The predicted molar refractivity (Wildman–Crippen MR) is 172 cm³/mol. The maximum absolute atomic E-state index is 13.7. The van der Waals surface area contributed by atoms with Crippen molar-refractivity contribution in [3.05, 3.63) is 127 Å². The number of aromatic nitrogens is 2. The third kappa shape index (κ3) is 6.07. The molecule has 0 aliphatic carbocycles. The minimum absolute atomic E-state index is 0.0682. The fourth-order valence-electron chi connectivity index (χ4n) is 4.93. The fourth-order valence-corrected chi connectivity index (χ4v) is 4.93. The van der Waals surface area contributed by atoms with Gasteiger partial charge in [0.15, 0.2) is 11.5 Å². The Morgan fingerprint density at radius 3 is 2.43 bits per heavy atom. The minimum Gasteiger partial charge on any atom is -0.496 e. The van der Waals surface area contributed by atoms with Crippen LogP contribution in [0, 0.1) is 20.2 Å². The van der Waals surface area contributed by atoms with E-state index in [1.165, 1.54) is 49.7 Å². The van der Waals surface area contributed by atoms with Gasteiger partial charge in [0, 0.05) is 23.8 Å². The lowest BCUT2D eigenvalue weighted by atomic mass is 10.1. The van der Waals surface area contributed by atoms with Crippen LogP contribution in [0.25, 0.3) is 33.5 Å². The number of ether oxygens (including phenoxy) is 3.